The van der Waals surface area contributed by atoms with Crippen LogP contribution in [0.1, 0.15) is 34.2 Å². The third kappa shape index (κ3) is 3.12. The van der Waals surface area contributed by atoms with Crippen LogP contribution in [0.5, 0.6) is 5.75 Å². The van der Waals surface area contributed by atoms with Crippen LogP contribution in [0, 0.1) is 10.1 Å². The summed E-state index contributed by atoms with van der Waals surface area (Å²) in [5.74, 6) is -0.0804. The van der Waals surface area contributed by atoms with Crippen LogP contribution in [-0.2, 0) is 0 Å². The SMILES string of the molecule is COc1ccc(C(=O)N2CCCC2c2nc3ccccc3s2)cc1[N+](=O)[O-]. The standard InChI is InChI=1S/C19H17N3O4S/c1-26-16-9-8-12(11-15(16)22(24)25)19(23)21-10-4-6-14(21)18-20-13-5-2-3-7-17(13)27-18/h2-3,5,7-9,11,14H,4,6,10H2,1H3. The maximum atomic E-state index is 13.1. The number of thiazole rings is 1. The number of hydrogen-bond donors (Lipinski definition) is 0. The number of carbonyl (C=O) groups excluding carboxylic acids is 1. The van der Waals surface area contributed by atoms with E-state index in [1.165, 1.54) is 19.2 Å². The van der Waals surface area contributed by atoms with Gasteiger partial charge in [0.25, 0.3) is 5.91 Å². The molecule has 0 bridgehead atoms. The van der Waals surface area contributed by atoms with Gasteiger partial charge in [0.15, 0.2) is 5.75 Å². The molecule has 2 aromatic carbocycles. The van der Waals surface area contributed by atoms with E-state index in [2.05, 4.69) is 0 Å². The first-order valence-electron chi connectivity index (χ1n) is 8.57. The summed E-state index contributed by atoms with van der Waals surface area (Å²) in [5.41, 5.74) is 1.01. The molecular formula is C19H17N3O4S. The molecule has 2 heterocycles. The van der Waals surface area contributed by atoms with Crippen LogP contribution in [0.4, 0.5) is 5.69 Å². The number of para-hydroxylation sites is 1. The summed E-state index contributed by atoms with van der Waals surface area (Å²) in [6.45, 7) is 0.610. The number of benzene rings is 2. The predicted molar refractivity (Wildman–Crippen MR) is 102 cm³/mol. The minimum atomic E-state index is -0.537. The van der Waals surface area contributed by atoms with Crippen molar-refractivity contribution in [1.82, 2.24) is 9.88 Å². The zero-order valence-corrected chi connectivity index (χ0v) is 15.4. The van der Waals surface area contributed by atoms with Crippen LogP contribution >= 0.6 is 11.3 Å². The normalized spacial score (nSPS) is 16.6. The number of aromatic nitrogens is 1. The van der Waals surface area contributed by atoms with E-state index < -0.39 is 4.92 Å². The molecule has 1 unspecified atom stereocenters. The van der Waals surface area contributed by atoms with Gasteiger partial charge in [-0.25, -0.2) is 4.98 Å². The van der Waals surface area contributed by atoms with Gasteiger partial charge in [0.05, 0.1) is 28.3 Å². The number of nitro benzene ring substituents is 1. The summed E-state index contributed by atoms with van der Waals surface area (Å²) in [6.07, 6.45) is 1.72. The maximum Gasteiger partial charge on any atom is 0.311 e. The fraction of sp³-hybridized carbons (Fsp3) is 0.263. The summed E-state index contributed by atoms with van der Waals surface area (Å²) in [6, 6.07) is 12.1. The molecule has 1 amide bonds. The van der Waals surface area contributed by atoms with Crippen LogP contribution in [-0.4, -0.2) is 34.4 Å². The molecule has 0 saturated carbocycles. The molecule has 0 aliphatic carbocycles. The molecule has 4 rings (SSSR count). The maximum absolute atomic E-state index is 13.1. The van der Waals surface area contributed by atoms with Crippen LogP contribution in [0.25, 0.3) is 10.2 Å². The number of methoxy groups -OCH3 is 1. The number of nitrogens with zero attached hydrogens (tertiary/aromatic N) is 3. The van der Waals surface area contributed by atoms with Crippen molar-refractivity contribution in [2.24, 2.45) is 0 Å². The van der Waals surface area contributed by atoms with E-state index in [1.807, 2.05) is 24.3 Å². The lowest BCUT2D eigenvalue weighted by atomic mass is 10.1. The topological polar surface area (TPSA) is 85.6 Å². The highest BCUT2D eigenvalue weighted by molar-refractivity contribution is 7.18. The number of hydrogen-bond acceptors (Lipinski definition) is 6. The second kappa shape index (κ2) is 6.96. The minimum Gasteiger partial charge on any atom is -0.490 e. The summed E-state index contributed by atoms with van der Waals surface area (Å²) in [4.78, 5) is 30.2. The number of amides is 1. The molecule has 0 spiro atoms. The van der Waals surface area contributed by atoms with Gasteiger partial charge in [0, 0.05) is 18.2 Å². The van der Waals surface area contributed by atoms with Gasteiger partial charge in [-0.05, 0) is 37.1 Å². The Balaban J connectivity index is 1.66. The summed E-state index contributed by atoms with van der Waals surface area (Å²) < 4.78 is 6.11. The van der Waals surface area contributed by atoms with Crippen LogP contribution < -0.4 is 4.74 Å². The third-order valence-corrected chi connectivity index (χ3v) is 5.87. The van der Waals surface area contributed by atoms with Gasteiger partial charge in [0.1, 0.15) is 5.01 Å². The molecule has 3 aromatic rings. The predicted octanol–water partition coefficient (Wildman–Crippen LogP) is 4.19. The van der Waals surface area contributed by atoms with E-state index in [0.29, 0.717) is 6.54 Å². The molecular weight excluding hydrogens is 366 g/mol. The van der Waals surface area contributed by atoms with E-state index >= 15 is 0 Å². The van der Waals surface area contributed by atoms with Gasteiger partial charge in [-0.15, -0.1) is 11.3 Å². The largest absolute Gasteiger partial charge is 0.490 e. The molecule has 1 fully saturated rings. The Morgan fingerprint density at radius 1 is 1.33 bits per heavy atom. The third-order valence-electron chi connectivity index (χ3n) is 4.73. The van der Waals surface area contributed by atoms with Crippen LogP contribution in [0.15, 0.2) is 42.5 Å². The van der Waals surface area contributed by atoms with E-state index in [1.54, 1.807) is 22.3 Å². The first kappa shape index (κ1) is 17.4. The van der Waals surface area contributed by atoms with Crippen molar-refractivity contribution >= 4 is 33.1 Å². The number of likely N-dealkylation sites (tertiary alicyclic amines) is 1. The second-order valence-corrected chi connectivity index (χ2v) is 7.38. The lowest BCUT2D eigenvalue weighted by Gasteiger charge is -2.23. The number of nitro groups is 1. The Labute approximate surface area is 159 Å². The molecule has 1 aromatic heterocycles. The van der Waals surface area contributed by atoms with Crippen LogP contribution in [0.3, 0.4) is 0 Å². The monoisotopic (exact) mass is 383 g/mol. The van der Waals surface area contributed by atoms with Crippen molar-refractivity contribution < 1.29 is 14.5 Å². The highest BCUT2D eigenvalue weighted by Crippen LogP contribution is 2.38. The highest BCUT2D eigenvalue weighted by Gasteiger charge is 2.33. The summed E-state index contributed by atoms with van der Waals surface area (Å²) in [7, 11) is 1.37. The average Bonchev–Trinajstić information content (AvgIpc) is 3.33. The molecule has 1 saturated heterocycles. The van der Waals surface area contributed by atoms with Crippen molar-refractivity contribution in [2.45, 2.75) is 18.9 Å². The average molecular weight is 383 g/mol. The van der Waals surface area contributed by atoms with E-state index in [-0.39, 0.29) is 28.9 Å². The lowest BCUT2D eigenvalue weighted by Crippen LogP contribution is -2.30. The first-order valence-corrected chi connectivity index (χ1v) is 9.39. The Morgan fingerprint density at radius 3 is 2.89 bits per heavy atom. The van der Waals surface area contributed by atoms with Gasteiger partial charge in [-0.2, -0.15) is 0 Å². The Kier molecular flexibility index (Phi) is 4.49. The van der Waals surface area contributed by atoms with Crippen molar-refractivity contribution in [3.63, 3.8) is 0 Å². The number of rotatable bonds is 4. The quantitative estimate of drug-likeness (QED) is 0.498. The Morgan fingerprint density at radius 2 is 2.15 bits per heavy atom. The van der Waals surface area contributed by atoms with Gasteiger partial charge in [-0.1, -0.05) is 12.1 Å². The van der Waals surface area contributed by atoms with Crippen molar-refractivity contribution in [2.75, 3.05) is 13.7 Å². The fourth-order valence-corrected chi connectivity index (χ4v) is 4.55. The number of fused-ring (bicyclic) bond motifs is 1. The van der Waals surface area contributed by atoms with Gasteiger partial charge >= 0.3 is 5.69 Å². The van der Waals surface area contributed by atoms with Gasteiger partial charge in [0.2, 0.25) is 0 Å². The zero-order chi connectivity index (χ0) is 19.0. The summed E-state index contributed by atoms with van der Waals surface area (Å²) in [5, 5.41) is 12.2. The van der Waals surface area contributed by atoms with Crippen molar-refractivity contribution in [3.05, 3.63) is 63.1 Å². The molecule has 138 valence electrons. The van der Waals surface area contributed by atoms with Gasteiger partial charge in [-0.3, -0.25) is 14.9 Å². The molecule has 7 nitrogen and oxygen atoms in total. The van der Waals surface area contributed by atoms with Crippen molar-refractivity contribution in [3.8, 4) is 5.75 Å². The molecule has 1 aliphatic rings. The second-order valence-electron chi connectivity index (χ2n) is 6.32. The fourth-order valence-electron chi connectivity index (χ4n) is 3.43. The molecule has 1 aliphatic heterocycles. The highest BCUT2D eigenvalue weighted by atomic mass is 32.1. The van der Waals surface area contributed by atoms with E-state index in [4.69, 9.17) is 9.72 Å². The molecule has 1 atom stereocenters. The molecule has 8 heteroatoms. The summed E-state index contributed by atoms with van der Waals surface area (Å²) >= 11 is 1.59. The first-order chi connectivity index (χ1) is 13.1. The zero-order valence-electron chi connectivity index (χ0n) is 14.6. The Bertz CT molecular complexity index is 1000. The lowest BCUT2D eigenvalue weighted by molar-refractivity contribution is -0.385. The number of carbonyl (C=O) groups is 1. The molecule has 0 N–H and O–H groups in total. The molecule has 27 heavy (non-hydrogen) atoms. The Hall–Kier alpha value is -3.00. The van der Waals surface area contributed by atoms with E-state index in [9.17, 15) is 14.9 Å². The van der Waals surface area contributed by atoms with Crippen LogP contribution in [0.2, 0.25) is 0 Å². The number of ether oxygens (including phenoxy) is 1. The van der Waals surface area contributed by atoms with E-state index in [0.717, 1.165) is 28.1 Å². The van der Waals surface area contributed by atoms with Crippen molar-refractivity contribution in [1.29, 1.82) is 0 Å². The minimum absolute atomic E-state index is 0.101. The van der Waals surface area contributed by atoms with Gasteiger partial charge < -0.3 is 9.64 Å². The molecule has 0 radical (unpaired) electrons. The smallest absolute Gasteiger partial charge is 0.311 e.